The minimum Gasteiger partial charge on any atom is -0.395 e. The number of aliphatic hydroxyl groups excluding tert-OH is 1. The lowest BCUT2D eigenvalue weighted by Gasteiger charge is -2.45. The fraction of sp³-hybridized carbons (Fsp3) is 0.387. The Balaban J connectivity index is 1.41. The smallest absolute Gasteiger partial charge is 0.264 e. The van der Waals surface area contributed by atoms with Gasteiger partial charge in [-0.05, 0) is 104 Å². The number of hydrogen-bond donors (Lipinski definition) is 2. The molecule has 2 fully saturated rings. The molecule has 7 nitrogen and oxygen atoms in total. The molecule has 1 saturated heterocycles. The van der Waals surface area contributed by atoms with E-state index in [1.54, 1.807) is 22.5 Å². The summed E-state index contributed by atoms with van der Waals surface area (Å²) in [5.74, 6) is -0.562. The number of nitrogens with one attached hydrogen (secondary N) is 1. The second kappa shape index (κ2) is 11.0. The Bertz CT molecular complexity index is 1550. The molecule has 3 aromatic rings. The van der Waals surface area contributed by atoms with Crippen LogP contribution in [0, 0.1) is 11.7 Å². The highest BCUT2D eigenvalue weighted by Gasteiger charge is 2.60. The summed E-state index contributed by atoms with van der Waals surface area (Å²) >= 11 is 6.28. The monoisotopic (exact) mass is 597 g/mol. The van der Waals surface area contributed by atoms with Gasteiger partial charge in [0.25, 0.3) is 15.9 Å². The van der Waals surface area contributed by atoms with E-state index >= 15 is 0 Å². The fourth-order valence-electron chi connectivity index (χ4n) is 6.66. The van der Waals surface area contributed by atoms with Gasteiger partial charge < -0.3 is 15.3 Å². The maximum atomic E-state index is 14.2. The number of carbonyl (C=O) groups excluding carboxylic acids is 1. The van der Waals surface area contributed by atoms with Crippen molar-refractivity contribution in [2.24, 2.45) is 5.92 Å². The van der Waals surface area contributed by atoms with E-state index in [1.807, 2.05) is 24.3 Å². The summed E-state index contributed by atoms with van der Waals surface area (Å²) in [5.41, 5.74) is 2.25. The molecule has 3 aromatic carbocycles. The first kappa shape index (κ1) is 28.2. The van der Waals surface area contributed by atoms with Crippen molar-refractivity contribution in [2.75, 3.05) is 30.5 Å². The van der Waals surface area contributed by atoms with Crippen molar-refractivity contribution in [2.45, 2.75) is 48.6 Å². The van der Waals surface area contributed by atoms with Gasteiger partial charge in [-0.15, -0.1) is 0 Å². The van der Waals surface area contributed by atoms with Gasteiger partial charge in [-0.3, -0.25) is 9.10 Å². The first-order valence-corrected chi connectivity index (χ1v) is 15.9. The molecule has 1 unspecified atom stereocenters. The van der Waals surface area contributed by atoms with Gasteiger partial charge in [0.05, 0.1) is 23.2 Å². The van der Waals surface area contributed by atoms with Crippen LogP contribution < -0.4 is 9.62 Å². The summed E-state index contributed by atoms with van der Waals surface area (Å²) in [7, 11) is -4.01. The third-order valence-electron chi connectivity index (χ3n) is 8.85. The number of aliphatic hydroxyl groups is 1. The van der Waals surface area contributed by atoms with Crippen molar-refractivity contribution in [1.82, 2.24) is 10.2 Å². The number of anilines is 1. The van der Waals surface area contributed by atoms with Gasteiger partial charge in [0.15, 0.2) is 0 Å². The molecule has 1 spiro atoms. The topological polar surface area (TPSA) is 90.0 Å². The Morgan fingerprint density at radius 3 is 2.41 bits per heavy atom. The van der Waals surface area contributed by atoms with Crippen LogP contribution in [0.5, 0.6) is 0 Å². The van der Waals surface area contributed by atoms with Crippen LogP contribution in [0.1, 0.15) is 47.2 Å². The van der Waals surface area contributed by atoms with Crippen molar-refractivity contribution in [3.8, 4) is 0 Å². The van der Waals surface area contributed by atoms with E-state index in [4.69, 9.17) is 11.6 Å². The number of sulfonamides is 1. The lowest BCUT2D eigenvalue weighted by molar-refractivity contribution is 0.0950. The number of rotatable bonds is 8. The van der Waals surface area contributed by atoms with Crippen molar-refractivity contribution in [1.29, 1.82) is 0 Å². The number of piperidine rings is 1. The first-order valence-electron chi connectivity index (χ1n) is 14.0. The second-order valence-electron chi connectivity index (χ2n) is 11.3. The predicted molar refractivity (Wildman–Crippen MR) is 156 cm³/mol. The van der Waals surface area contributed by atoms with Crippen LogP contribution >= 0.6 is 11.6 Å². The van der Waals surface area contributed by atoms with Crippen LogP contribution in [0.15, 0.2) is 71.6 Å². The Labute approximate surface area is 245 Å². The van der Waals surface area contributed by atoms with Crippen LogP contribution in [0.25, 0.3) is 0 Å². The zero-order valence-electron chi connectivity index (χ0n) is 22.6. The number of carbonyl (C=O) groups is 1. The van der Waals surface area contributed by atoms with E-state index in [-0.39, 0.29) is 35.9 Å². The number of fused-ring (bicyclic) bond motifs is 2. The number of benzene rings is 3. The molecule has 2 N–H and O–H groups in total. The average molecular weight is 598 g/mol. The van der Waals surface area contributed by atoms with Crippen molar-refractivity contribution >= 4 is 33.2 Å². The van der Waals surface area contributed by atoms with Crippen LogP contribution in [-0.2, 0) is 22.0 Å². The molecular formula is C31H33ClFN3O4S. The molecule has 3 aliphatic rings. The normalized spacial score (nSPS) is 20.3. The van der Waals surface area contributed by atoms with Crippen LogP contribution in [0.3, 0.4) is 0 Å². The number of likely N-dealkylation sites (tertiary alicyclic amines) is 1. The van der Waals surface area contributed by atoms with Gasteiger partial charge in [-0.25, -0.2) is 12.8 Å². The molecule has 2 heterocycles. The van der Waals surface area contributed by atoms with Crippen LogP contribution in [0.4, 0.5) is 10.1 Å². The molecule has 2 aliphatic heterocycles. The minimum atomic E-state index is -4.01. The molecule has 1 aliphatic carbocycles. The Kier molecular flexibility index (Phi) is 7.57. The summed E-state index contributed by atoms with van der Waals surface area (Å²) in [6.07, 6.45) is 3.28. The zero-order valence-corrected chi connectivity index (χ0v) is 24.2. The molecule has 0 bridgehead atoms. The zero-order chi connectivity index (χ0) is 28.8. The number of hydrogen-bond acceptors (Lipinski definition) is 5. The highest BCUT2D eigenvalue weighted by atomic mass is 35.5. The quantitative estimate of drug-likeness (QED) is 0.392. The van der Waals surface area contributed by atoms with Crippen molar-refractivity contribution in [3.05, 3.63) is 94.3 Å². The van der Waals surface area contributed by atoms with Gasteiger partial charge >= 0.3 is 0 Å². The van der Waals surface area contributed by atoms with Crippen molar-refractivity contribution in [3.63, 3.8) is 0 Å². The molecule has 216 valence electrons. The fourth-order valence-corrected chi connectivity index (χ4v) is 8.66. The Morgan fingerprint density at radius 2 is 1.76 bits per heavy atom. The summed E-state index contributed by atoms with van der Waals surface area (Å²) in [6.45, 7) is 2.34. The molecule has 6 rings (SSSR count). The van der Waals surface area contributed by atoms with E-state index in [9.17, 15) is 22.7 Å². The SMILES string of the molecule is O=C(NCc1ccccc1Cl)c1ccc2c(c1)C1(CCN(CCO)CC1)C(C1CC1)N2S(=O)(=O)c1ccc(F)cc1. The summed E-state index contributed by atoms with van der Waals surface area (Å²) in [6, 6.07) is 17.3. The minimum absolute atomic E-state index is 0.0480. The number of nitrogens with zero attached hydrogens (tertiary/aromatic N) is 2. The van der Waals surface area contributed by atoms with Crippen molar-refractivity contribution < 1.29 is 22.7 Å². The van der Waals surface area contributed by atoms with E-state index in [0.29, 0.717) is 35.7 Å². The van der Waals surface area contributed by atoms with Gasteiger partial charge in [-0.2, -0.15) is 0 Å². The predicted octanol–water partition coefficient (Wildman–Crippen LogP) is 4.72. The third-order valence-corrected chi connectivity index (χ3v) is 11.0. The van der Waals surface area contributed by atoms with E-state index in [1.165, 1.54) is 24.3 Å². The number of β-amino-alcohol motifs (C(OH)–C–C–N with tert-alkyl or cyclic N) is 1. The summed E-state index contributed by atoms with van der Waals surface area (Å²) in [4.78, 5) is 15.6. The maximum absolute atomic E-state index is 14.2. The second-order valence-corrected chi connectivity index (χ2v) is 13.5. The molecule has 0 radical (unpaired) electrons. The van der Waals surface area contributed by atoms with Gasteiger partial charge in [-0.1, -0.05) is 29.8 Å². The van der Waals surface area contributed by atoms with Gasteiger partial charge in [0.2, 0.25) is 0 Å². The van der Waals surface area contributed by atoms with Crippen LogP contribution in [-0.4, -0.2) is 56.6 Å². The molecule has 0 aromatic heterocycles. The molecule has 10 heteroatoms. The standard InChI is InChI=1S/C31H33ClFN3O4S/c32-27-4-2-1-3-23(27)20-34-30(38)22-7-12-28-26(19-22)31(13-15-35(16-14-31)17-18-37)29(21-5-6-21)36(28)41(39,40)25-10-8-24(33)9-11-25/h1-4,7-12,19,21,29,37H,5-6,13-18,20H2,(H,34,38). The summed E-state index contributed by atoms with van der Waals surface area (Å²) in [5, 5.41) is 13.0. The first-order chi connectivity index (χ1) is 19.7. The van der Waals surface area contributed by atoms with E-state index in [0.717, 1.165) is 37.1 Å². The third kappa shape index (κ3) is 5.14. The Hall–Kier alpha value is -2.98. The lowest BCUT2D eigenvalue weighted by atomic mass is 9.68. The highest BCUT2D eigenvalue weighted by Crippen LogP contribution is 2.59. The molecule has 41 heavy (non-hydrogen) atoms. The maximum Gasteiger partial charge on any atom is 0.264 e. The van der Waals surface area contributed by atoms with Gasteiger partial charge in [0, 0.05) is 29.1 Å². The van der Waals surface area contributed by atoms with E-state index < -0.39 is 21.3 Å². The van der Waals surface area contributed by atoms with Gasteiger partial charge in [0.1, 0.15) is 5.82 Å². The summed E-state index contributed by atoms with van der Waals surface area (Å²) < 4.78 is 43.7. The number of amides is 1. The Morgan fingerprint density at radius 1 is 1.05 bits per heavy atom. The molecule has 1 amide bonds. The largest absolute Gasteiger partial charge is 0.395 e. The highest BCUT2D eigenvalue weighted by molar-refractivity contribution is 7.92. The molecule has 1 atom stereocenters. The van der Waals surface area contributed by atoms with Crippen LogP contribution in [0.2, 0.25) is 5.02 Å². The number of halogens is 2. The average Bonchev–Trinajstić information content (AvgIpc) is 3.77. The molecule has 1 saturated carbocycles. The molecular weight excluding hydrogens is 565 g/mol. The van der Waals surface area contributed by atoms with E-state index in [2.05, 4.69) is 10.2 Å². The lowest BCUT2D eigenvalue weighted by Crippen LogP contribution is -2.54.